The lowest BCUT2D eigenvalue weighted by Crippen LogP contribution is -2.60. The van der Waals surface area contributed by atoms with Gasteiger partial charge in [-0.1, -0.05) is 111 Å². The average Bonchev–Trinajstić information content (AvgIpc) is 3.91. The van der Waals surface area contributed by atoms with E-state index in [4.69, 9.17) is 25.7 Å². The summed E-state index contributed by atoms with van der Waals surface area (Å²) < 4.78 is 17.7. The van der Waals surface area contributed by atoms with Gasteiger partial charge in [0.2, 0.25) is 35.4 Å². The number of hydrogen-bond donors (Lipinski definition) is 8. The molecule has 10 N–H and O–H groups in total. The molecule has 22 heteroatoms. The number of nitrogens with zero attached hydrogens (tertiary/aromatic N) is 3. The van der Waals surface area contributed by atoms with E-state index in [0.29, 0.717) is 49.0 Å². The first kappa shape index (κ1) is 67.9. The zero-order chi connectivity index (χ0) is 60.1. The minimum absolute atomic E-state index is 0.0747. The van der Waals surface area contributed by atoms with Crippen LogP contribution in [0.4, 0.5) is 15.3 Å². The number of likely N-dealkylation sites (N-methyl/N-ethyl adjacent to an activating group) is 2. The van der Waals surface area contributed by atoms with Gasteiger partial charge in [-0.3, -0.25) is 33.7 Å². The lowest BCUT2D eigenvalue weighted by atomic mass is 9.89. The number of benzene rings is 2. The molecule has 2 aromatic rings. The second-order valence-corrected chi connectivity index (χ2v) is 22.3. The Morgan fingerprint density at radius 2 is 1.41 bits per heavy atom. The highest BCUT2D eigenvalue weighted by atomic mass is 16.6. The van der Waals surface area contributed by atoms with Crippen LogP contribution in [-0.2, 0) is 49.6 Å². The van der Waals surface area contributed by atoms with Gasteiger partial charge in [-0.2, -0.15) is 0 Å². The van der Waals surface area contributed by atoms with E-state index < -0.39 is 114 Å². The molecule has 0 spiro atoms. The summed E-state index contributed by atoms with van der Waals surface area (Å²) in [6.07, 6.45) is -0.736. The smallest absolute Gasteiger partial charge is 0.410 e. The summed E-state index contributed by atoms with van der Waals surface area (Å²) in [5.41, 5.74) is 12.8. The molecule has 3 rings (SSSR count). The van der Waals surface area contributed by atoms with Gasteiger partial charge in [0.05, 0.1) is 54.8 Å². The van der Waals surface area contributed by atoms with Crippen LogP contribution in [0, 0.1) is 29.6 Å². The number of methoxy groups -OCH3 is 2. The molecular formula is C58H94N10O12. The van der Waals surface area contributed by atoms with Crippen LogP contribution in [0.3, 0.4) is 0 Å². The molecule has 1 saturated heterocycles. The third-order valence-electron chi connectivity index (χ3n) is 15.3. The molecule has 0 aromatic heterocycles. The molecule has 80 heavy (non-hydrogen) atoms. The topological polar surface area (TPSA) is 306 Å². The number of carbonyl (C=O) groups excluding carboxylic acids is 8. The number of likely N-dealkylation sites (tertiary alicyclic amines) is 1. The summed E-state index contributed by atoms with van der Waals surface area (Å²) in [6, 6.07) is 9.37. The second kappa shape index (κ2) is 32.8. The van der Waals surface area contributed by atoms with E-state index in [-0.39, 0.29) is 49.6 Å². The van der Waals surface area contributed by atoms with Crippen molar-refractivity contribution in [3.63, 3.8) is 0 Å². The van der Waals surface area contributed by atoms with Crippen molar-refractivity contribution in [2.45, 2.75) is 175 Å². The van der Waals surface area contributed by atoms with Crippen molar-refractivity contribution < 1.29 is 57.7 Å². The number of ether oxygens (including phenoxy) is 3. The maximum Gasteiger partial charge on any atom is 0.410 e. The molecule has 0 bridgehead atoms. The van der Waals surface area contributed by atoms with Crippen LogP contribution >= 0.6 is 0 Å². The Labute approximate surface area is 473 Å². The fraction of sp³-hybridized carbons (Fsp3) is 0.655. The molecule has 22 nitrogen and oxygen atoms in total. The SMILES string of the molecule is CC[C@H](C)[C@H]([C@@H](CC(=O)N1CCC[C@H]1[C@H](OC)[C@@H](C)C(=O)N[C@H](C)[C@@H](O)c1ccccc1)OC)N(C)C(=O)[C@@H](NC(=O)[C@H](C(C)C)N(C)C(=O)OCc1ccc(NC(=O)[C@H](CCCNC(N)=O)NC(=O)[C@@H](N)C(C)C)cc1)C(C)C. The van der Waals surface area contributed by atoms with Crippen molar-refractivity contribution in [1.29, 1.82) is 0 Å². The lowest BCUT2D eigenvalue weighted by Gasteiger charge is -2.41. The zero-order valence-electron chi connectivity index (χ0n) is 49.7. The quantitative estimate of drug-likeness (QED) is 0.0485. The molecule has 12 atom stereocenters. The van der Waals surface area contributed by atoms with E-state index in [1.165, 1.54) is 26.2 Å². The molecule has 1 aliphatic rings. The molecule has 2 aromatic carbocycles. The second-order valence-electron chi connectivity index (χ2n) is 22.3. The van der Waals surface area contributed by atoms with Gasteiger partial charge in [0, 0.05) is 47.1 Å². The third kappa shape index (κ3) is 19.4. The van der Waals surface area contributed by atoms with E-state index in [0.717, 1.165) is 0 Å². The van der Waals surface area contributed by atoms with Crippen molar-refractivity contribution in [3.8, 4) is 0 Å². The van der Waals surface area contributed by atoms with Crippen LogP contribution in [0.1, 0.15) is 125 Å². The van der Waals surface area contributed by atoms with Crippen LogP contribution in [0.25, 0.3) is 0 Å². The number of aliphatic hydroxyl groups excluding tert-OH is 1. The first-order valence-electron chi connectivity index (χ1n) is 28.0. The van der Waals surface area contributed by atoms with Crippen LogP contribution in [0.5, 0.6) is 0 Å². The molecule has 448 valence electrons. The van der Waals surface area contributed by atoms with Gasteiger partial charge in [-0.05, 0) is 79.5 Å². The minimum Gasteiger partial charge on any atom is -0.445 e. The van der Waals surface area contributed by atoms with Crippen LogP contribution in [-0.4, -0.2) is 163 Å². The monoisotopic (exact) mass is 1120 g/mol. The molecule has 1 aliphatic heterocycles. The maximum atomic E-state index is 14.7. The highest BCUT2D eigenvalue weighted by Crippen LogP contribution is 2.30. The van der Waals surface area contributed by atoms with Gasteiger partial charge in [-0.15, -0.1) is 0 Å². The summed E-state index contributed by atoms with van der Waals surface area (Å²) in [5, 5.41) is 24.8. The van der Waals surface area contributed by atoms with E-state index in [2.05, 4.69) is 26.6 Å². The van der Waals surface area contributed by atoms with Crippen molar-refractivity contribution in [2.24, 2.45) is 41.1 Å². The predicted octanol–water partition coefficient (Wildman–Crippen LogP) is 4.43. The Hall–Kier alpha value is -6.36. The van der Waals surface area contributed by atoms with Gasteiger partial charge in [-0.25, -0.2) is 9.59 Å². The highest BCUT2D eigenvalue weighted by Gasteiger charge is 2.44. The molecule has 9 amide bonds. The standard InChI is InChI=1S/C58H94N10O12/c1-15-36(8)49(44(78-13)31-45(69)68-30-20-24-43(68)51(79-14)37(9)52(71)62-38(10)50(70)40-21-17-16-18-22-40)66(11)56(75)47(34(4)5)65-55(74)48(35(6)7)67(12)58(77)80-32-39-25-27-41(28-26-39)63-53(72)42(23-19-29-61-57(60)76)64-54(73)46(59)33(2)3/h16-18,21-22,25-28,33-38,42-44,46-51,70H,15,19-20,23-24,29-32,59H2,1-14H3,(H,62,71)(H,63,72)(H,64,73)(H,65,74)(H3,60,61,76)/t36-,37+,38+,42-,43-,44+,46-,47-,48-,49+,50+,51+/m0/s1. The molecule has 0 unspecified atom stereocenters. The van der Waals surface area contributed by atoms with Crippen molar-refractivity contribution in [1.82, 2.24) is 36.0 Å². The highest BCUT2D eigenvalue weighted by molar-refractivity contribution is 5.98. The number of primary amides is 1. The number of hydrogen-bond acceptors (Lipinski definition) is 13. The van der Waals surface area contributed by atoms with E-state index in [9.17, 15) is 43.5 Å². The lowest BCUT2D eigenvalue weighted by molar-refractivity contribution is -0.148. The van der Waals surface area contributed by atoms with Crippen molar-refractivity contribution >= 4 is 53.3 Å². The summed E-state index contributed by atoms with van der Waals surface area (Å²) in [6.45, 7) is 18.7. The Morgan fingerprint density at radius 1 is 0.775 bits per heavy atom. The average molecular weight is 1120 g/mol. The normalized spacial score (nSPS) is 17.6. The molecule has 0 aliphatic carbocycles. The summed E-state index contributed by atoms with van der Waals surface area (Å²) in [5.74, 6) is -4.32. The minimum atomic E-state index is -1.05. The van der Waals surface area contributed by atoms with E-state index >= 15 is 0 Å². The number of nitrogens with two attached hydrogens (primary N) is 2. The van der Waals surface area contributed by atoms with Crippen LogP contribution in [0.2, 0.25) is 0 Å². The van der Waals surface area contributed by atoms with Crippen molar-refractivity contribution in [2.75, 3.05) is 46.7 Å². The Kier molecular flexibility index (Phi) is 27.8. The molecule has 0 radical (unpaired) electrons. The first-order valence-corrected chi connectivity index (χ1v) is 28.0. The fourth-order valence-electron chi connectivity index (χ4n) is 10.2. The number of nitrogens with one attached hydrogen (secondary N) is 5. The number of aliphatic hydroxyl groups is 1. The number of amides is 9. The molecule has 0 saturated carbocycles. The largest absolute Gasteiger partial charge is 0.445 e. The summed E-state index contributed by atoms with van der Waals surface area (Å²) in [4.78, 5) is 112. The van der Waals surface area contributed by atoms with E-state index in [1.54, 1.807) is 94.8 Å². The van der Waals surface area contributed by atoms with Crippen molar-refractivity contribution in [3.05, 3.63) is 65.7 Å². The fourth-order valence-corrected chi connectivity index (χ4v) is 10.2. The summed E-state index contributed by atoms with van der Waals surface area (Å²) >= 11 is 0. The number of carbonyl (C=O) groups is 8. The predicted molar refractivity (Wildman–Crippen MR) is 305 cm³/mol. The molecule has 1 fully saturated rings. The van der Waals surface area contributed by atoms with Gasteiger partial charge in [0.15, 0.2) is 0 Å². The first-order chi connectivity index (χ1) is 37.7. The summed E-state index contributed by atoms with van der Waals surface area (Å²) in [7, 11) is 6.12. The number of urea groups is 1. The maximum absolute atomic E-state index is 14.7. The zero-order valence-corrected chi connectivity index (χ0v) is 49.7. The van der Waals surface area contributed by atoms with Gasteiger partial charge in [0.1, 0.15) is 24.7 Å². The number of rotatable bonds is 31. The van der Waals surface area contributed by atoms with E-state index in [1.807, 2.05) is 45.9 Å². The van der Waals surface area contributed by atoms with Crippen LogP contribution < -0.4 is 38.1 Å². The molecule has 1 heterocycles. The Balaban J connectivity index is 1.70. The number of anilines is 1. The molecular weight excluding hydrogens is 1030 g/mol. The van der Waals surface area contributed by atoms with Gasteiger partial charge < -0.3 is 67.2 Å². The third-order valence-corrected chi connectivity index (χ3v) is 15.3. The van der Waals surface area contributed by atoms with Gasteiger partial charge in [0.25, 0.3) is 0 Å². The van der Waals surface area contributed by atoms with Crippen LogP contribution in [0.15, 0.2) is 54.6 Å². The Bertz CT molecular complexity index is 2320. The van der Waals surface area contributed by atoms with Gasteiger partial charge >= 0.3 is 12.1 Å². The Morgan fingerprint density at radius 3 is 1.96 bits per heavy atom.